The fourth-order valence-electron chi connectivity index (χ4n) is 3.16. The van der Waals surface area contributed by atoms with E-state index < -0.39 is 0 Å². The molecule has 1 aliphatic rings. The van der Waals surface area contributed by atoms with Gasteiger partial charge < -0.3 is 9.47 Å². The standard InChI is InChI=1S/C21H26N2O4S/c1-14-5-10-18-15(12-14)13-19(28-18)21(25)23-22-20(24)4-3-11-27-17-8-6-16(26-2)7-9-17/h6-9,13-14H,3-5,10-12H2,1-2H3,(H,22,24)(H,23,25). The molecule has 0 bridgehead atoms. The van der Waals surface area contributed by atoms with Gasteiger partial charge in [0.15, 0.2) is 0 Å². The minimum absolute atomic E-state index is 0.235. The van der Waals surface area contributed by atoms with Crippen molar-refractivity contribution in [1.29, 1.82) is 0 Å². The summed E-state index contributed by atoms with van der Waals surface area (Å²) >= 11 is 1.53. The molecule has 0 saturated heterocycles. The number of benzene rings is 1. The van der Waals surface area contributed by atoms with Gasteiger partial charge in [-0.1, -0.05) is 6.92 Å². The van der Waals surface area contributed by atoms with Gasteiger partial charge in [0.1, 0.15) is 11.5 Å². The number of carbonyl (C=O) groups excluding carboxylic acids is 2. The van der Waals surface area contributed by atoms with Crippen molar-refractivity contribution in [2.24, 2.45) is 5.92 Å². The minimum atomic E-state index is -0.255. The quantitative estimate of drug-likeness (QED) is 0.549. The molecular formula is C21H26N2O4S. The number of methoxy groups -OCH3 is 1. The molecule has 3 rings (SSSR count). The number of thiophene rings is 1. The van der Waals surface area contributed by atoms with Gasteiger partial charge in [-0.15, -0.1) is 11.3 Å². The molecule has 0 radical (unpaired) electrons. The predicted octanol–water partition coefficient (Wildman–Crippen LogP) is 3.50. The average Bonchev–Trinajstić information content (AvgIpc) is 3.13. The van der Waals surface area contributed by atoms with Crippen molar-refractivity contribution >= 4 is 23.2 Å². The molecule has 1 atom stereocenters. The molecule has 2 amide bonds. The summed E-state index contributed by atoms with van der Waals surface area (Å²) in [5.41, 5.74) is 6.26. The third kappa shape index (κ3) is 5.48. The van der Waals surface area contributed by atoms with Crippen LogP contribution in [0.3, 0.4) is 0 Å². The van der Waals surface area contributed by atoms with Crippen LogP contribution in [-0.2, 0) is 17.6 Å². The lowest BCUT2D eigenvalue weighted by Gasteiger charge is -2.16. The highest BCUT2D eigenvalue weighted by Gasteiger charge is 2.20. The van der Waals surface area contributed by atoms with Crippen LogP contribution in [0.1, 0.15) is 46.3 Å². The highest BCUT2D eigenvalue weighted by Crippen LogP contribution is 2.32. The molecular weight excluding hydrogens is 376 g/mol. The molecule has 150 valence electrons. The van der Waals surface area contributed by atoms with Crippen LogP contribution in [0, 0.1) is 5.92 Å². The van der Waals surface area contributed by atoms with Crippen LogP contribution < -0.4 is 20.3 Å². The lowest BCUT2D eigenvalue weighted by Crippen LogP contribution is -2.41. The van der Waals surface area contributed by atoms with Crippen molar-refractivity contribution < 1.29 is 19.1 Å². The number of nitrogens with one attached hydrogen (secondary N) is 2. The van der Waals surface area contributed by atoms with Gasteiger partial charge in [-0.2, -0.15) is 0 Å². The number of carbonyl (C=O) groups is 2. The van der Waals surface area contributed by atoms with E-state index in [4.69, 9.17) is 9.47 Å². The van der Waals surface area contributed by atoms with Gasteiger partial charge in [0.2, 0.25) is 5.91 Å². The number of hydrogen-bond donors (Lipinski definition) is 2. The van der Waals surface area contributed by atoms with Gasteiger partial charge in [-0.25, -0.2) is 0 Å². The second kappa shape index (κ2) is 9.59. The number of amides is 2. The predicted molar refractivity (Wildman–Crippen MR) is 109 cm³/mol. The van der Waals surface area contributed by atoms with Crippen LogP contribution in [0.5, 0.6) is 11.5 Å². The smallest absolute Gasteiger partial charge is 0.279 e. The van der Waals surface area contributed by atoms with Crippen molar-refractivity contribution in [3.05, 3.63) is 45.6 Å². The maximum absolute atomic E-state index is 12.3. The SMILES string of the molecule is COc1ccc(OCCCC(=O)NNC(=O)c2cc3c(s2)CCC(C)C3)cc1. The van der Waals surface area contributed by atoms with Gasteiger partial charge in [-0.3, -0.25) is 20.4 Å². The Morgan fingerprint density at radius 2 is 1.93 bits per heavy atom. The summed E-state index contributed by atoms with van der Waals surface area (Å²) in [5.74, 6) is 1.67. The largest absolute Gasteiger partial charge is 0.497 e. The molecule has 1 aromatic heterocycles. The molecule has 1 aliphatic carbocycles. The zero-order valence-electron chi connectivity index (χ0n) is 16.2. The lowest BCUT2D eigenvalue weighted by atomic mass is 9.90. The Morgan fingerprint density at radius 1 is 1.18 bits per heavy atom. The number of fused-ring (bicyclic) bond motifs is 1. The normalized spacial score (nSPS) is 15.4. The Morgan fingerprint density at radius 3 is 2.68 bits per heavy atom. The van der Waals surface area contributed by atoms with E-state index in [0.29, 0.717) is 23.8 Å². The van der Waals surface area contributed by atoms with Crippen LogP contribution in [0.25, 0.3) is 0 Å². The van der Waals surface area contributed by atoms with E-state index in [-0.39, 0.29) is 18.2 Å². The molecule has 1 heterocycles. The van der Waals surface area contributed by atoms with Gasteiger partial charge in [0.25, 0.3) is 5.91 Å². The summed E-state index contributed by atoms with van der Waals surface area (Å²) in [6.07, 6.45) is 4.06. The van der Waals surface area contributed by atoms with Crippen LogP contribution in [-0.4, -0.2) is 25.5 Å². The van der Waals surface area contributed by atoms with E-state index in [1.807, 2.05) is 30.3 Å². The van der Waals surface area contributed by atoms with Crippen LogP contribution in [0.2, 0.25) is 0 Å². The van der Waals surface area contributed by atoms with Crippen molar-refractivity contribution in [1.82, 2.24) is 10.9 Å². The van der Waals surface area contributed by atoms with Gasteiger partial charge in [0, 0.05) is 11.3 Å². The molecule has 0 fully saturated rings. The van der Waals surface area contributed by atoms with Gasteiger partial charge in [0.05, 0.1) is 18.6 Å². The molecule has 0 aliphatic heterocycles. The topological polar surface area (TPSA) is 76.7 Å². The third-order valence-corrected chi connectivity index (χ3v) is 5.98. The van der Waals surface area contributed by atoms with Crippen molar-refractivity contribution in [2.75, 3.05) is 13.7 Å². The molecule has 7 heteroatoms. The van der Waals surface area contributed by atoms with E-state index in [1.54, 1.807) is 7.11 Å². The molecule has 1 aromatic carbocycles. The maximum Gasteiger partial charge on any atom is 0.279 e. The molecule has 0 spiro atoms. The number of ether oxygens (including phenoxy) is 2. The van der Waals surface area contributed by atoms with E-state index in [2.05, 4.69) is 17.8 Å². The highest BCUT2D eigenvalue weighted by molar-refractivity contribution is 7.14. The van der Waals surface area contributed by atoms with E-state index in [1.165, 1.54) is 28.2 Å². The highest BCUT2D eigenvalue weighted by atomic mass is 32.1. The van der Waals surface area contributed by atoms with Crippen molar-refractivity contribution in [2.45, 2.75) is 39.0 Å². The molecule has 2 N–H and O–H groups in total. The van der Waals surface area contributed by atoms with Gasteiger partial charge >= 0.3 is 0 Å². The number of rotatable bonds is 7. The molecule has 28 heavy (non-hydrogen) atoms. The van der Waals surface area contributed by atoms with Crippen LogP contribution in [0.15, 0.2) is 30.3 Å². The van der Waals surface area contributed by atoms with E-state index in [9.17, 15) is 9.59 Å². The van der Waals surface area contributed by atoms with Crippen LogP contribution in [0.4, 0.5) is 0 Å². The first-order chi connectivity index (χ1) is 13.5. The summed E-state index contributed by atoms with van der Waals surface area (Å²) in [4.78, 5) is 26.1. The second-order valence-electron chi connectivity index (χ2n) is 7.04. The minimum Gasteiger partial charge on any atom is -0.497 e. The Kier molecular flexibility index (Phi) is 6.92. The second-order valence-corrected chi connectivity index (χ2v) is 8.17. The summed E-state index contributed by atoms with van der Waals surface area (Å²) in [5, 5.41) is 0. The number of hydrogen-bond acceptors (Lipinski definition) is 5. The average molecular weight is 403 g/mol. The Bertz CT molecular complexity index is 816. The lowest BCUT2D eigenvalue weighted by molar-refractivity contribution is -0.122. The monoisotopic (exact) mass is 402 g/mol. The molecule has 1 unspecified atom stereocenters. The molecule has 0 saturated carbocycles. The first-order valence-electron chi connectivity index (χ1n) is 9.52. The van der Waals surface area contributed by atoms with E-state index in [0.717, 1.165) is 24.3 Å². The Hall–Kier alpha value is -2.54. The summed E-state index contributed by atoms with van der Waals surface area (Å²) in [6.45, 7) is 2.66. The summed E-state index contributed by atoms with van der Waals surface area (Å²) < 4.78 is 10.7. The third-order valence-electron chi connectivity index (χ3n) is 4.74. The zero-order valence-corrected chi connectivity index (χ0v) is 17.1. The van der Waals surface area contributed by atoms with Crippen molar-refractivity contribution in [3.63, 3.8) is 0 Å². The zero-order chi connectivity index (χ0) is 19.9. The van der Waals surface area contributed by atoms with Crippen LogP contribution >= 0.6 is 11.3 Å². The van der Waals surface area contributed by atoms with Crippen molar-refractivity contribution in [3.8, 4) is 11.5 Å². The first-order valence-corrected chi connectivity index (χ1v) is 10.3. The Balaban J connectivity index is 1.35. The first kappa shape index (κ1) is 20.2. The fraction of sp³-hybridized carbons (Fsp3) is 0.429. The molecule has 2 aromatic rings. The van der Waals surface area contributed by atoms with Gasteiger partial charge in [-0.05, 0) is 67.5 Å². The fourth-order valence-corrected chi connectivity index (χ4v) is 4.27. The number of aryl methyl sites for hydroxylation is 1. The number of hydrazine groups is 1. The summed E-state index contributed by atoms with van der Waals surface area (Å²) in [6, 6.07) is 9.24. The summed E-state index contributed by atoms with van der Waals surface area (Å²) in [7, 11) is 1.61. The molecule has 6 nitrogen and oxygen atoms in total. The van der Waals surface area contributed by atoms with E-state index >= 15 is 0 Å². The maximum atomic E-state index is 12.3. The Labute approximate surface area is 169 Å².